The van der Waals surface area contributed by atoms with E-state index in [4.69, 9.17) is 0 Å². The summed E-state index contributed by atoms with van der Waals surface area (Å²) in [5.41, 5.74) is 0. The van der Waals surface area contributed by atoms with Gasteiger partial charge in [-0.1, -0.05) is 0 Å². The fourth-order valence-corrected chi connectivity index (χ4v) is 2.38. The molecule has 0 radical (unpaired) electrons. The van der Waals surface area contributed by atoms with E-state index < -0.39 is 0 Å². The first-order valence-corrected chi connectivity index (χ1v) is 5.25. The molecule has 2 heterocycles. The van der Waals surface area contributed by atoms with E-state index in [2.05, 4.69) is 16.8 Å². The van der Waals surface area contributed by atoms with E-state index in [1.165, 1.54) is 12.8 Å². The maximum Gasteiger partial charge on any atom is 0.222 e. The Bertz CT molecular complexity index is 205. The van der Waals surface area contributed by atoms with Crippen LogP contribution < -0.4 is 0 Å². The first-order valence-electron chi connectivity index (χ1n) is 5.25. The van der Waals surface area contributed by atoms with Crippen LogP contribution in [0.3, 0.4) is 0 Å². The van der Waals surface area contributed by atoms with Crippen molar-refractivity contribution in [3.8, 4) is 0 Å². The first-order chi connectivity index (χ1) is 6.27. The number of hydrogen-bond donors (Lipinski definition) is 0. The lowest BCUT2D eigenvalue weighted by Gasteiger charge is -2.32. The summed E-state index contributed by atoms with van der Waals surface area (Å²) >= 11 is 0. The SMILES string of the molecule is CN1CCC(N2CCCCC2=O)C1. The summed E-state index contributed by atoms with van der Waals surface area (Å²) in [5, 5.41) is 0. The maximum atomic E-state index is 11.6. The standard InChI is InChI=1S/C10H18N2O/c1-11-7-5-9(8-11)12-6-3-2-4-10(12)13/h9H,2-8H2,1H3. The summed E-state index contributed by atoms with van der Waals surface area (Å²) in [5.74, 6) is 0.381. The highest BCUT2D eigenvalue weighted by Gasteiger charge is 2.30. The van der Waals surface area contributed by atoms with Crippen molar-refractivity contribution >= 4 is 5.91 Å². The molecule has 0 aromatic carbocycles. The molecule has 0 bridgehead atoms. The van der Waals surface area contributed by atoms with E-state index in [9.17, 15) is 4.79 Å². The van der Waals surface area contributed by atoms with E-state index in [1.54, 1.807) is 0 Å². The minimum Gasteiger partial charge on any atom is -0.338 e. The lowest BCUT2D eigenvalue weighted by Crippen LogP contribution is -2.44. The average molecular weight is 182 g/mol. The molecule has 3 heteroatoms. The molecule has 1 atom stereocenters. The average Bonchev–Trinajstić information content (AvgIpc) is 2.53. The van der Waals surface area contributed by atoms with Gasteiger partial charge in [0, 0.05) is 25.6 Å². The molecule has 0 aliphatic carbocycles. The predicted molar refractivity (Wildman–Crippen MR) is 51.5 cm³/mol. The van der Waals surface area contributed by atoms with Gasteiger partial charge in [0.25, 0.3) is 0 Å². The van der Waals surface area contributed by atoms with Crippen LogP contribution in [-0.4, -0.2) is 48.4 Å². The molecule has 2 fully saturated rings. The van der Waals surface area contributed by atoms with Crippen LogP contribution in [0, 0.1) is 0 Å². The molecule has 2 saturated heterocycles. The molecule has 0 saturated carbocycles. The smallest absolute Gasteiger partial charge is 0.222 e. The zero-order valence-corrected chi connectivity index (χ0v) is 8.33. The van der Waals surface area contributed by atoms with Crippen molar-refractivity contribution in [3.63, 3.8) is 0 Å². The fraction of sp³-hybridized carbons (Fsp3) is 0.900. The summed E-state index contributed by atoms with van der Waals surface area (Å²) in [6, 6.07) is 0.512. The minimum absolute atomic E-state index is 0.381. The van der Waals surface area contributed by atoms with Gasteiger partial charge in [-0.15, -0.1) is 0 Å². The van der Waals surface area contributed by atoms with Crippen LogP contribution in [-0.2, 0) is 4.79 Å². The number of likely N-dealkylation sites (N-methyl/N-ethyl adjacent to an activating group) is 1. The molecule has 13 heavy (non-hydrogen) atoms. The highest BCUT2D eigenvalue weighted by Crippen LogP contribution is 2.19. The third-order valence-corrected chi connectivity index (χ3v) is 3.17. The summed E-state index contributed by atoms with van der Waals surface area (Å²) in [4.78, 5) is 16.0. The van der Waals surface area contributed by atoms with E-state index in [0.29, 0.717) is 11.9 Å². The van der Waals surface area contributed by atoms with Crippen molar-refractivity contribution in [2.45, 2.75) is 31.7 Å². The van der Waals surface area contributed by atoms with Crippen molar-refractivity contribution in [1.82, 2.24) is 9.80 Å². The Morgan fingerprint density at radius 1 is 1.31 bits per heavy atom. The topological polar surface area (TPSA) is 23.6 Å². The van der Waals surface area contributed by atoms with Crippen molar-refractivity contribution in [3.05, 3.63) is 0 Å². The second-order valence-electron chi connectivity index (χ2n) is 4.25. The summed E-state index contributed by atoms with van der Waals surface area (Å²) in [7, 11) is 2.13. The van der Waals surface area contributed by atoms with Gasteiger partial charge in [-0.3, -0.25) is 4.79 Å². The van der Waals surface area contributed by atoms with Gasteiger partial charge in [0.15, 0.2) is 0 Å². The molecule has 3 nitrogen and oxygen atoms in total. The van der Waals surface area contributed by atoms with Crippen LogP contribution in [0.4, 0.5) is 0 Å². The van der Waals surface area contributed by atoms with E-state index in [0.717, 1.165) is 32.5 Å². The number of hydrogen-bond acceptors (Lipinski definition) is 2. The van der Waals surface area contributed by atoms with Crippen LogP contribution in [0.2, 0.25) is 0 Å². The van der Waals surface area contributed by atoms with Crippen LogP contribution in [0.25, 0.3) is 0 Å². The number of piperidine rings is 1. The lowest BCUT2D eigenvalue weighted by atomic mass is 10.1. The highest BCUT2D eigenvalue weighted by atomic mass is 16.2. The third-order valence-electron chi connectivity index (χ3n) is 3.17. The van der Waals surface area contributed by atoms with E-state index in [-0.39, 0.29) is 0 Å². The molecule has 2 aliphatic rings. The van der Waals surface area contributed by atoms with Gasteiger partial charge >= 0.3 is 0 Å². The molecular weight excluding hydrogens is 164 g/mol. The van der Waals surface area contributed by atoms with Crippen molar-refractivity contribution in [1.29, 1.82) is 0 Å². The van der Waals surface area contributed by atoms with Crippen molar-refractivity contribution in [2.24, 2.45) is 0 Å². The van der Waals surface area contributed by atoms with Gasteiger partial charge in [0.2, 0.25) is 5.91 Å². The Balaban J connectivity index is 1.95. The number of carbonyl (C=O) groups excluding carboxylic acids is 1. The van der Waals surface area contributed by atoms with Gasteiger partial charge in [-0.05, 0) is 32.9 Å². The Kier molecular flexibility index (Phi) is 2.54. The van der Waals surface area contributed by atoms with Crippen molar-refractivity contribution in [2.75, 3.05) is 26.7 Å². The second-order valence-corrected chi connectivity index (χ2v) is 4.25. The Morgan fingerprint density at radius 2 is 2.15 bits per heavy atom. The molecule has 2 aliphatic heterocycles. The predicted octanol–water partition coefficient (Wildman–Crippen LogP) is 0.703. The molecule has 1 amide bonds. The molecule has 74 valence electrons. The normalized spacial score (nSPS) is 31.3. The van der Waals surface area contributed by atoms with Gasteiger partial charge in [0.05, 0.1) is 0 Å². The molecule has 0 spiro atoms. The second kappa shape index (κ2) is 3.66. The van der Waals surface area contributed by atoms with Gasteiger partial charge in [0.1, 0.15) is 0 Å². The number of nitrogens with zero attached hydrogens (tertiary/aromatic N) is 2. The van der Waals surface area contributed by atoms with Crippen LogP contribution >= 0.6 is 0 Å². The zero-order chi connectivity index (χ0) is 9.26. The van der Waals surface area contributed by atoms with Gasteiger partial charge < -0.3 is 9.80 Å². The number of rotatable bonds is 1. The van der Waals surface area contributed by atoms with Crippen LogP contribution in [0.1, 0.15) is 25.7 Å². The van der Waals surface area contributed by atoms with Gasteiger partial charge in [-0.2, -0.15) is 0 Å². The summed E-state index contributed by atoms with van der Waals surface area (Å²) in [6.07, 6.45) is 4.24. The Labute approximate surface area is 79.7 Å². The molecule has 1 unspecified atom stereocenters. The van der Waals surface area contributed by atoms with E-state index in [1.807, 2.05) is 0 Å². The molecule has 0 aromatic heterocycles. The van der Waals surface area contributed by atoms with E-state index >= 15 is 0 Å². The Hall–Kier alpha value is -0.570. The number of amides is 1. The lowest BCUT2D eigenvalue weighted by molar-refractivity contribution is -0.135. The summed E-state index contributed by atoms with van der Waals surface area (Å²) < 4.78 is 0. The van der Waals surface area contributed by atoms with Crippen LogP contribution in [0.15, 0.2) is 0 Å². The monoisotopic (exact) mass is 182 g/mol. The molecular formula is C10H18N2O. The number of carbonyl (C=O) groups is 1. The number of likely N-dealkylation sites (tertiary alicyclic amines) is 2. The van der Waals surface area contributed by atoms with Crippen molar-refractivity contribution < 1.29 is 4.79 Å². The highest BCUT2D eigenvalue weighted by molar-refractivity contribution is 5.77. The molecule has 0 aromatic rings. The quantitative estimate of drug-likeness (QED) is 0.596. The Morgan fingerprint density at radius 3 is 2.77 bits per heavy atom. The molecule has 0 N–H and O–H groups in total. The minimum atomic E-state index is 0.381. The fourth-order valence-electron chi connectivity index (χ4n) is 2.38. The summed E-state index contributed by atoms with van der Waals surface area (Å²) in [6.45, 7) is 3.22. The zero-order valence-electron chi connectivity index (χ0n) is 8.33. The molecule has 2 rings (SSSR count). The largest absolute Gasteiger partial charge is 0.338 e. The maximum absolute atomic E-state index is 11.6. The van der Waals surface area contributed by atoms with Crippen LogP contribution in [0.5, 0.6) is 0 Å². The third kappa shape index (κ3) is 1.85. The van der Waals surface area contributed by atoms with Gasteiger partial charge in [-0.25, -0.2) is 0 Å². The first kappa shape index (κ1) is 9.00.